The number of halogens is 1. The van der Waals surface area contributed by atoms with E-state index in [1.807, 2.05) is 12.1 Å². The Hall–Kier alpha value is -3.40. The molecule has 138 valence electrons. The van der Waals surface area contributed by atoms with Gasteiger partial charge >= 0.3 is 0 Å². The second kappa shape index (κ2) is 7.87. The summed E-state index contributed by atoms with van der Waals surface area (Å²) >= 11 is 3.34. The number of non-ortho nitro benzene ring substituents is 1. The molecule has 0 saturated heterocycles. The van der Waals surface area contributed by atoms with Crippen molar-refractivity contribution in [1.29, 1.82) is 0 Å². The molecular weight excluding hydrogens is 420 g/mol. The Morgan fingerprint density at radius 3 is 2.67 bits per heavy atom. The number of carbonyl (C=O) groups excluding carboxylic acids is 1. The number of aromatic nitrogens is 2. The number of phenols is 1. The Bertz CT molecular complexity index is 987. The first kappa shape index (κ1) is 18.4. The van der Waals surface area contributed by atoms with Crippen LogP contribution in [0.1, 0.15) is 10.5 Å². The summed E-state index contributed by atoms with van der Waals surface area (Å²) in [5.41, 5.74) is -0.127. The number of phenolic OH excluding ortho intramolecular Hbond substituents is 1. The lowest BCUT2D eigenvalue weighted by molar-refractivity contribution is -0.384. The molecule has 3 rings (SSSR count). The van der Waals surface area contributed by atoms with Gasteiger partial charge in [-0.2, -0.15) is 5.10 Å². The lowest BCUT2D eigenvalue weighted by atomic mass is 10.2. The van der Waals surface area contributed by atoms with Crippen LogP contribution in [0.25, 0.3) is 0 Å². The number of carbonyl (C=O) groups is 1. The molecule has 0 bridgehead atoms. The quantitative estimate of drug-likeness (QED) is 0.349. The summed E-state index contributed by atoms with van der Waals surface area (Å²) in [5, 5.41) is 27.0. The number of rotatable bonds is 6. The van der Waals surface area contributed by atoms with E-state index in [-0.39, 0.29) is 23.8 Å². The van der Waals surface area contributed by atoms with Gasteiger partial charge in [0, 0.05) is 16.7 Å². The minimum absolute atomic E-state index is 0.0475. The van der Waals surface area contributed by atoms with Gasteiger partial charge in [-0.1, -0.05) is 15.9 Å². The average Bonchev–Trinajstić information content (AvgIpc) is 3.12. The molecule has 0 aliphatic carbocycles. The number of nitrogens with zero attached hydrogens (tertiary/aromatic N) is 3. The fourth-order valence-electron chi connectivity index (χ4n) is 2.15. The van der Waals surface area contributed by atoms with Crippen LogP contribution < -0.4 is 10.1 Å². The van der Waals surface area contributed by atoms with Crippen LogP contribution in [0, 0.1) is 10.1 Å². The molecule has 3 aromatic rings. The molecule has 9 nitrogen and oxygen atoms in total. The smallest absolute Gasteiger partial charge is 0.276 e. The number of anilines is 1. The lowest BCUT2D eigenvalue weighted by Crippen LogP contribution is -2.14. The van der Waals surface area contributed by atoms with Crippen LogP contribution in [0.5, 0.6) is 11.5 Å². The van der Waals surface area contributed by atoms with Gasteiger partial charge in [-0.05, 0) is 36.4 Å². The van der Waals surface area contributed by atoms with Crippen LogP contribution in [0.15, 0.2) is 59.2 Å². The monoisotopic (exact) mass is 432 g/mol. The van der Waals surface area contributed by atoms with Crippen LogP contribution >= 0.6 is 15.9 Å². The summed E-state index contributed by atoms with van der Waals surface area (Å²) in [6.45, 7) is 0.109. The Labute approximate surface area is 161 Å². The van der Waals surface area contributed by atoms with Gasteiger partial charge in [0.2, 0.25) is 0 Å². The number of ether oxygens (including phenoxy) is 1. The third-order valence-electron chi connectivity index (χ3n) is 3.49. The van der Waals surface area contributed by atoms with Crippen LogP contribution in [0.2, 0.25) is 0 Å². The molecule has 0 radical (unpaired) electrons. The summed E-state index contributed by atoms with van der Waals surface area (Å²) in [6.07, 6.45) is 1.57. The first-order chi connectivity index (χ1) is 12.9. The topological polar surface area (TPSA) is 120 Å². The summed E-state index contributed by atoms with van der Waals surface area (Å²) in [6, 6.07) is 12.1. The highest BCUT2D eigenvalue weighted by molar-refractivity contribution is 9.10. The molecule has 0 unspecified atom stereocenters. The summed E-state index contributed by atoms with van der Waals surface area (Å²) in [7, 11) is 0. The van der Waals surface area contributed by atoms with Gasteiger partial charge in [0.25, 0.3) is 11.6 Å². The molecule has 1 heterocycles. The van der Waals surface area contributed by atoms with Crippen LogP contribution in [0.3, 0.4) is 0 Å². The third kappa shape index (κ3) is 4.61. The number of nitro benzene ring substituents is 1. The van der Waals surface area contributed by atoms with E-state index in [0.717, 1.165) is 10.5 Å². The molecule has 0 saturated carbocycles. The number of hydrogen-bond donors (Lipinski definition) is 2. The highest BCUT2D eigenvalue weighted by Crippen LogP contribution is 2.28. The minimum Gasteiger partial charge on any atom is -0.506 e. The highest BCUT2D eigenvalue weighted by Gasteiger charge is 2.15. The Balaban J connectivity index is 1.63. The van der Waals surface area contributed by atoms with E-state index < -0.39 is 16.6 Å². The lowest BCUT2D eigenvalue weighted by Gasteiger charge is -2.07. The van der Waals surface area contributed by atoms with Gasteiger partial charge < -0.3 is 15.2 Å². The number of hydrogen-bond acceptors (Lipinski definition) is 6. The van der Waals surface area contributed by atoms with E-state index in [4.69, 9.17) is 4.74 Å². The zero-order valence-corrected chi connectivity index (χ0v) is 15.3. The van der Waals surface area contributed by atoms with Gasteiger partial charge in [-0.3, -0.25) is 14.9 Å². The van der Waals surface area contributed by atoms with Crippen LogP contribution in [0.4, 0.5) is 11.4 Å². The maximum absolute atomic E-state index is 12.2. The van der Waals surface area contributed by atoms with Crippen LogP contribution in [-0.4, -0.2) is 25.7 Å². The third-order valence-corrected chi connectivity index (χ3v) is 4.02. The summed E-state index contributed by atoms with van der Waals surface area (Å²) < 4.78 is 7.93. The maximum Gasteiger partial charge on any atom is 0.276 e. The van der Waals surface area contributed by atoms with E-state index >= 15 is 0 Å². The van der Waals surface area contributed by atoms with E-state index in [0.29, 0.717) is 5.75 Å². The van der Waals surface area contributed by atoms with Crippen LogP contribution in [-0.2, 0) is 6.73 Å². The largest absolute Gasteiger partial charge is 0.506 e. The molecule has 2 N–H and O–H groups in total. The first-order valence-corrected chi connectivity index (χ1v) is 8.42. The van der Waals surface area contributed by atoms with Crippen molar-refractivity contribution >= 4 is 33.2 Å². The zero-order chi connectivity index (χ0) is 19.4. The van der Waals surface area contributed by atoms with E-state index in [9.17, 15) is 20.0 Å². The number of benzene rings is 2. The maximum atomic E-state index is 12.2. The molecule has 0 fully saturated rings. The van der Waals surface area contributed by atoms with Crippen molar-refractivity contribution in [2.45, 2.75) is 6.73 Å². The van der Waals surface area contributed by atoms with Crippen molar-refractivity contribution in [1.82, 2.24) is 9.78 Å². The van der Waals surface area contributed by atoms with Gasteiger partial charge in [-0.15, -0.1) is 0 Å². The Morgan fingerprint density at radius 1 is 1.26 bits per heavy atom. The zero-order valence-electron chi connectivity index (χ0n) is 13.7. The minimum atomic E-state index is -0.640. The Kier molecular flexibility index (Phi) is 5.36. The fourth-order valence-corrected chi connectivity index (χ4v) is 2.42. The standard InChI is InChI=1S/C17H13BrN4O5/c18-11-1-4-13(5-2-11)27-10-21-8-7-15(20-21)17(24)19-14-6-3-12(22(25)26)9-16(14)23/h1-9,23H,10H2,(H,19,24). The Morgan fingerprint density at radius 2 is 2.00 bits per heavy atom. The van der Waals surface area contributed by atoms with Crippen molar-refractivity contribution in [2.24, 2.45) is 0 Å². The van der Waals surface area contributed by atoms with E-state index in [1.54, 1.807) is 18.3 Å². The molecule has 27 heavy (non-hydrogen) atoms. The van der Waals surface area contributed by atoms with Crippen molar-refractivity contribution < 1.29 is 19.6 Å². The predicted octanol–water partition coefficient (Wildman–Crippen LogP) is 3.55. The molecule has 0 spiro atoms. The van der Waals surface area contributed by atoms with E-state index in [2.05, 4.69) is 26.3 Å². The molecule has 2 aromatic carbocycles. The molecular formula is C17H13BrN4O5. The molecule has 0 atom stereocenters. The molecule has 0 aliphatic heterocycles. The van der Waals surface area contributed by atoms with Crippen molar-refractivity contribution in [3.63, 3.8) is 0 Å². The fraction of sp³-hybridized carbons (Fsp3) is 0.0588. The van der Waals surface area contributed by atoms with Gasteiger partial charge in [0.15, 0.2) is 12.4 Å². The average molecular weight is 433 g/mol. The molecule has 0 aliphatic rings. The molecule has 1 aromatic heterocycles. The first-order valence-electron chi connectivity index (χ1n) is 7.63. The van der Waals surface area contributed by atoms with Gasteiger partial charge in [0.1, 0.15) is 11.5 Å². The normalized spacial score (nSPS) is 10.4. The SMILES string of the molecule is O=C(Nc1ccc([N+](=O)[O-])cc1O)c1ccn(COc2ccc(Br)cc2)n1. The summed E-state index contributed by atoms with van der Waals surface area (Å²) in [4.78, 5) is 22.3. The summed E-state index contributed by atoms with van der Waals surface area (Å²) in [5.74, 6) is -0.326. The van der Waals surface area contributed by atoms with E-state index in [1.165, 1.54) is 22.9 Å². The number of aromatic hydroxyl groups is 1. The van der Waals surface area contributed by atoms with Gasteiger partial charge in [0.05, 0.1) is 16.7 Å². The predicted molar refractivity (Wildman–Crippen MR) is 99.7 cm³/mol. The van der Waals surface area contributed by atoms with Crippen molar-refractivity contribution in [3.8, 4) is 11.5 Å². The molecule has 1 amide bonds. The second-order valence-electron chi connectivity index (χ2n) is 5.38. The number of amides is 1. The van der Waals surface area contributed by atoms with Crippen molar-refractivity contribution in [2.75, 3.05) is 5.32 Å². The van der Waals surface area contributed by atoms with Crippen molar-refractivity contribution in [3.05, 3.63) is 75.0 Å². The number of nitrogens with one attached hydrogen (secondary N) is 1. The second-order valence-corrected chi connectivity index (χ2v) is 6.30. The highest BCUT2D eigenvalue weighted by atomic mass is 79.9. The van der Waals surface area contributed by atoms with Gasteiger partial charge in [-0.25, -0.2) is 4.68 Å². The molecule has 10 heteroatoms. The number of nitro groups is 1.